The predicted octanol–water partition coefficient (Wildman–Crippen LogP) is 4.13. The van der Waals surface area contributed by atoms with Gasteiger partial charge in [-0.15, -0.1) is 11.3 Å². The summed E-state index contributed by atoms with van der Waals surface area (Å²) in [4.78, 5) is 5.85. The number of rotatable bonds is 6. The third-order valence-corrected chi connectivity index (χ3v) is 4.96. The summed E-state index contributed by atoms with van der Waals surface area (Å²) in [7, 11) is 0. The van der Waals surface area contributed by atoms with Gasteiger partial charge in [0.1, 0.15) is 0 Å². The smallest absolute Gasteiger partial charge is 0.193 e. The molecule has 112 valence electrons. The van der Waals surface area contributed by atoms with Crippen LogP contribution >= 0.6 is 11.3 Å². The molecule has 0 spiro atoms. The zero-order valence-electron chi connectivity index (χ0n) is 13.4. The molecule has 4 heteroatoms. The van der Waals surface area contributed by atoms with E-state index in [-0.39, 0.29) is 5.54 Å². The molecule has 3 nitrogen and oxygen atoms in total. The van der Waals surface area contributed by atoms with E-state index in [1.165, 1.54) is 18.5 Å². The van der Waals surface area contributed by atoms with E-state index in [9.17, 15) is 0 Å². The summed E-state index contributed by atoms with van der Waals surface area (Å²) in [6.45, 7) is 12.3. The van der Waals surface area contributed by atoms with Crippen molar-refractivity contribution in [3.63, 3.8) is 0 Å². The van der Waals surface area contributed by atoms with Crippen molar-refractivity contribution < 1.29 is 0 Å². The maximum Gasteiger partial charge on any atom is 0.193 e. The second-order valence-corrected chi connectivity index (χ2v) is 7.69. The topological polar surface area (TPSA) is 29.3 Å². The Morgan fingerprint density at radius 3 is 2.50 bits per heavy atom. The van der Waals surface area contributed by atoms with Gasteiger partial charge >= 0.3 is 0 Å². The molecule has 0 aromatic carbocycles. The quantitative estimate of drug-likeness (QED) is 0.867. The van der Waals surface area contributed by atoms with E-state index in [0.717, 1.165) is 17.9 Å². The molecule has 0 aliphatic carbocycles. The van der Waals surface area contributed by atoms with E-state index in [0.29, 0.717) is 5.41 Å². The van der Waals surface area contributed by atoms with Gasteiger partial charge in [0.25, 0.3) is 0 Å². The van der Waals surface area contributed by atoms with Crippen LogP contribution in [0.3, 0.4) is 0 Å². The minimum atomic E-state index is 0.171. The van der Waals surface area contributed by atoms with Crippen LogP contribution in [0.25, 0.3) is 4.96 Å². The molecule has 0 fully saturated rings. The van der Waals surface area contributed by atoms with Gasteiger partial charge in [-0.05, 0) is 45.4 Å². The first-order valence-corrected chi connectivity index (χ1v) is 8.41. The Bertz CT molecular complexity index is 515. The summed E-state index contributed by atoms with van der Waals surface area (Å²) in [6.07, 6.45) is 7.68. The Labute approximate surface area is 126 Å². The third-order valence-electron chi connectivity index (χ3n) is 4.19. The fraction of sp³-hybridized carbons (Fsp3) is 0.688. The predicted molar refractivity (Wildman–Crippen MR) is 87.5 cm³/mol. The largest absolute Gasteiger partial charge is 0.312 e. The van der Waals surface area contributed by atoms with E-state index >= 15 is 0 Å². The molecule has 0 bridgehead atoms. The first-order valence-electron chi connectivity index (χ1n) is 7.53. The van der Waals surface area contributed by atoms with E-state index in [2.05, 4.69) is 62.1 Å². The number of thiazole rings is 1. The Morgan fingerprint density at radius 1 is 1.25 bits per heavy atom. The van der Waals surface area contributed by atoms with E-state index in [1.807, 2.05) is 0 Å². The van der Waals surface area contributed by atoms with Crippen molar-refractivity contribution in [2.45, 2.75) is 59.4 Å². The summed E-state index contributed by atoms with van der Waals surface area (Å²) in [5.41, 5.74) is 1.69. The standard InChI is InChI=1S/C16H27N3S/c1-6-16(7-2,12-17-15(3,4)5)10-13-11-19-8-9-20-14(19)18-13/h8-9,11,17H,6-7,10,12H2,1-5H3. The van der Waals surface area contributed by atoms with Gasteiger partial charge in [0, 0.05) is 29.9 Å². The minimum Gasteiger partial charge on any atom is -0.312 e. The fourth-order valence-electron chi connectivity index (χ4n) is 2.51. The van der Waals surface area contributed by atoms with Crippen LogP contribution in [0.2, 0.25) is 0 Å². The van der Waals surface area contributed by atoms with Crippen molar-refractivity contribution in [1.82, 2.24) is 14.7 Å². The summed E-state index contributed by atoms with van der Waals surface area (Å²) in [5.74, 6) is 0. The minimum absolute atomic E-state index is 0.171. The lowest BCUT2D eigenvalue weighted by atomic mass is 9.77. The highest BCUT2D eigenvalue weighted by molar-refractivity contribution is 7.15. The highest BCUT2D eigenvalue weighted by Crippen LogP contribution is 2.31. The van der Waals surface area contributed by atoms with Crippen molar-refractivity contribution >= 4 is 16.3 Å². The van der Waals surface area contributed by atoms with Crippen molar-refractivity contribution in [1.29, 1.82) is 0 Å². The molecule has 0 aliphatic rings. The molecule has 2 aromatic rings. The molecule has 20 heavy (non-hydrogen) atoms. The number of hydrogen-bond donors (Lipinski definition) is 1. The molecule has 0 radical (unpaired) electrons. The lowest BCUT2D eigenvalue weighted by Gasteiger charge is -2.35. The van der Waals surface area contributed by atoms with E-state index in [1.54, 1.807) is 11.3 Å². The maximum atomic E-state index is 4.75. The van der Waals surface area contributed by atoms with Crippen LogP contribution in [0, 0.1) is 5.41 Å². The SMILES string of the molecule is CCC(CC)(CNC(C)(C)C)Cc1cn2ccsc2n1. The molecule has 0 aliphatic heterocycles. The van der Waals surface area contributed by atoms with Crippen LogP contribution in [0.15, 0.2) is 17.8 Å². The number of hydrogen-bond acceptors (Lipinski definition) is 3. The first-order chi connectivity index (χ1) is 9.37. The lowest BCUT2D eigenvalue weighted by molar-refractivity contribution is 0.218. The first kappa shape index (κ1) is 15.5. The van der Waals surface area contributed by atoms with Crippen LogP contribution < -0.4 is 5.32 Å². The Kier molecular flexibility index (Phi) is 4.55. The van der Waals surface area contributed by atoms with Gasteiger partial charge in [-0.2, -0.15) is 0 Å². The second-order valence-electron chi connectivity index (χ2n) is 6.81. The number of nitrogens with zero attached hydrogens (tertiary/aromatic N) is 2. The Balaban J connectivity index is 2.13. The average Bonchev–Trinajstić information content (AvgIpc) is 2.94. The monoisotopic (exact) mass is 293 g/mol. The molecular weight excluding hydrogens is 266 g/mol. The molecule has 0 saturated heterocycles. The molecule has 0 amide bonds. The van der Waals surface area contributed by atoms with Gasteiger partial charge in [0.2, 0.25) is 0 Å². The highest BCUT2D eigenvalue weighted by atomic mass is 32.1. The molecular formula is C16H27N3S. The summed E-state index contributed by atoms with van der Waals surface area (Å²) < 4.78 is 2.13. The molecule has 0 atom stereocenters. The van der Waals surface area contributed by atoms with E-state index < -0.39 is 0 Å². The van der Waals surface area contributed by atoms with E-state index in [4.69, 9.17) is 4.98 Å². The van der Waals surface area contributed by atoms with Gasteiger partial charge in [-0.1, -0.05) is 13.8 Å². The van der Waals surface area contributed by atoms with Crippen molar-refractivity contribution in [3.05, 3.63) is 23.5 Å². The second kappa shape index (κ2) is 5.86. The van der Waals surface area contributed by atoms with Gasteiger partial charge < -0.3 is 5.32 Å². The zero-order chi connectivity index (χ0) is 14.8. The number of nitrogens with one attached hydrogen (secondary N) is 1. The fourth-order valence-corrected chi connectivity index (χ4v) is 3.23. The summed E-state index contributed by atoms with van der Waals surface area (Å²) in [6, 6.07) is 0. The van der Waals surface area contributed by atoms with Crippen LogP contribution in [-0.2, 0) is 6.42 Å². The highest BCUT2D eigenvalue weighted by Gasteiger charge is 2.29. The number of imidazole rings is 1. The molecule has 2 rings (SSSR count). The van der Waals surface area contributed by atoms with Crippen molar-refractivity contribution in [3.8, 4) is 0 Å². The Morgan fingerprint density at radius 2 is 1.95 bits per heavy atom. The summed E-state index contributed by atoms with van der Waals surface area (Å²) >= 11 is 1.70. The van der Waals surface area contributed by atoms with Gasteiger partial charge in [-0.3, -0.25) is 4.40 Å². The van der Waals surface area contributed by atoms with Gasteiger partial charge in [0.05, 0.1) is 5.69 Å². The summed E-state index contributed by atoms with van der Waals surface area (Å²) in [5, 5.41) is 5.76. The molecule has 2 heterocycles. The van der Waals surface area contributed by atoms with Crippen LogP contribution in [-0.4, -0.2) is 21.5 Å². The van der Waals surface area contributed by atoms with Crippen molar-refractivity contribution in [2.24, 2.45) is 5.41 Å². The average molecular weight is 293 g/mol. The number of aromatic nitrogens is 2. The Hall–Kier alpha value is -0.870. The van der Waals surface area contributed by atoms with Crippen LogP contribution in [0.4, 0.5) is 0 Å². The van der Waals surface area contributed by atoms with Gasteiger partial charge in [0.15, 0.2) is 4.96 Å². The van der Waals surface area contributed by atoms with Gasteiger partial charge in [-0.25, -0.2) is 4.98 Å². The molecule has 0 saturated carbocycles. The van der Waals surface area contributed by atoms with Crippen LogP contribution in [0.1, 0.15) is 53.2 Å². The normalized spacial score (nSPS) is 13.2. The molecule has 0 unspecified atom stereocenters. The lowest BCUT2D eigenvalue weighted by Crippen LogP contribution is -2.44. The third kappa shape index (κ3) is 3.61. The van der Waals surface area contributed by atoms with Crippen LogP contribution in [0.5, 0.6) is 0 Å². The maximum absolute atomic E-state index is 4.75. The van der Waals surface area contributed by atoms with Crippen molar-refractivity contribution in [2.75, 3.05) is 6.54 Å². The zero-order valence-corrected chi connectivity index (χ0v) is 14.2. The molecule has 2 aromatic heterocycles. The number of fused-ring (bicyclic) bond motifs is 1. The molecule has 1 N–H and O–H groups in total.